The maximum Gasteiger partial charge on any atom is 0.348 e. The molecule has 0 bridgehead atoms. The Morgan fingerprint density at radius 3 is 1.49 bits per heavy atom. The van der Waals surface area contributed by atoms with Crippen molar-refractivity contribution in [2.75, 3.05) is 0 Å². The van der Waals surface area contributed by atoms with Crippen molar-refractivity contribution in [3.8, 4) is 11.5 Å². The number of rotatable bonds is 10. The maximum atomic E-state index is 12.0. The van der Waals surface area contributed by atoms with E-state index in [1.54, 1.807) is 0 Å². The molecule has 0 fully saturated rings. The summed E-state index contributed by atoms with van der Waals surface area (Å²) in [4.78, 5) is 47.6. The molecule has 2 aromatic heterocycles. The molecule has 0 aromatic carbocycles. The third-order valence-corrected chi connectivity index (χ3v) is 4.84. The molecule has 0 spiro atoms. The zero-order valence-corrected chi connectivity index (χ0v) is 19.9. The predicted molar refractivity (Wildman–Crippen MR) is 127 cm³/mol. The minimum absolute atomic E-state index is 0.105. The highest BCUT2D eigenvalue weighted by atomic mass is 16.4. The van der Waals surface area contributed by atoms with Gasteiger partial charge in [0.25, 0.3) is 0 Å². The highest BCUT2D eigenvalue weighted by Crippen LogP contribution is 2.16. The largest absolute Gasteiger partial charge is 0.507 e. The molecular weight excluding hydrogens is 460 g/mol. The average Bonchev–Trinajstić information content (AvgIpc) is 2.74. The van der Waals surface area contributed by atoms with Crippen LogP contribution in [-0.4, -0.2) is 33.5 Å². The van der Waals surface area contributed by atoms with Crippen molar-refractivity contribution < 1.29 is 28.6 Å². The molecule has 0 atom stereocenters. The molecule has 12 nitrogen and oxygen atoms in total. The van der Waals surface area contributed by atoms with E-state index < -0.39 is 11.3 Å². The standard InChI is InChI=1S/C23H28N4O8/c1-12-10-16(28)20(22(32)34-12)14(3)24-26-18(30)8-6-5-7-9-19(31)27-25-15(4)21-17(29)11-13(2)35-23(21)33/h10-11,28-29H,5-9H2,1-4H3,(H,26,30)(H,27,31). The number of aryl methyl sites for hydroxylation is 2. The van der Waals surface area contributed by atoms with Crippen molar-refractivity contribution in [3.63, 3.8) is 0 Å². The molecule has 0 aliphatic rings. The smallest absolute Gasteiger partial charge is 0.348 e. The van der Waals surface area contributed by atoms with Gasteiger partial charge in [0.1, 0.15) is 34.1 Å². The molecule has 0 aliphatic carbocycles. The van der Waals surface area contributed by atoms with E-state index in [2.05, 4.69) is 21.1 Å². The quantitative estimate of drug-likeness (QED) is 0.222. The van der Waals surface area contributed by atoms with Gasteiger partial charge >= 0.3 is 11.3 Å². The molecule has 188 valence electrons. The second-order valence-electron chi connectivity index (χ2n) is 7.83. The molecule has 2 heterocycles. The van der Waals surface area contributed by atoms with Crippen LogP contribution in [0.3, 0.4) is 0 Å². The topological polar surface area (TPSA) is 184 Å². The van der Waals surface area contributed by atoms with Crippen LogP contribution in [0.15, 0.2) is 40.8 Å². The summed E-state index contributed by atoms with van der Waals surface area (Å²) in [5.41, 5.74) is 3.08. The van der Waals surface area contributed by atoms with E-state index in [4.69, 9.17) is 8.83 Å². The molecule has 2 amide bonds. The van der Waals surface area contributed by atoms with Crippen molar-refractivity contribution in [3.05, 3.63) is 55.6 Å². The number of nitrogens with one attached hydrogen (secondary N) is 2. The Kier molecular flexibility index (Phi) is 9.50. The number of hydrazone groups is 2. The monoisotopic (exact) mass is 488 g/mol. The number of unbranched alkanes of at least 4 members (excludes halogenated alkanes) is 2. The van der Waals surface area contributed by atoms with Gasteiger partial charge in [-0.1, -0.05) is 6.42 Å². The number of hydrogen-bond donors (Lipinski definition) is 4. The summed E-state index contributed by atoms with van der Waals surface area (Å²) in [5.74, 6) is -0.843. The first kappa shape index (κ1) is 27.0. The Morgan fingerprint density at radius 2 is 1.14 bits per heavy atom. The molecule has 0 aliphatic heterocycles. The number of amides is 2. The van der Waals surface area contributed by atoms with Crippen molar-refractivity contribution >= 4 is 23.2 Å². The van der Waals surface area contributed by atoms with Crippen LogP contribution in [0.25, 0.3) is 0 Å². The normalized spacial score (nSPS) is 11.9. The zero-order chi connectivity index (χ0) is 26.1. The van der Waals surface area contributed by atoms with E-state index in [1.807, 2.05) is 0 Å². The lowest BCUT2D eigenvalue weighted by Crippen LogP contribution is -2.22. The Morgan fingerprint density at radius 1 is 0.771 bits per heavy atom. The lowest BCUT2D eigenvalue weighted by molar-refractivity contribution is -0.121. The van der Waals surface area contributed by atoms with Crippen LogP contribution in [0.4, 0.5) is 0 Å². The molecule has 12 heteroatoms. The third kappa shape index (κ3) is 7.95. The molecule has 0 radical (unpaired) electrons. The lowest BCUT2D eigenvalue weighted by atomic mass is 10.1. The molecule has 0 saturated heterocycles. The average molecular weight is 488 g/mol. The van der Waals surface area contributed by atoms with Crippen LogP contribution in [0.5, 0.6) is 11.5 Å². The summed E-state index contributed by atoms with van der Waals surface area (Å²) in [6.07, 6.45) is 1.86. The van der Waals surface area contributed by atoms with Crippen molar-refractivity contribution in [1.29, 1.82) is 0 Å². The molecule has 0 unspecified atom stereocenters. The van der Waals surface area contributed by atoms with Gasteiger partial charge in [0.2, 0.25) is 11.8 Å². The number of hydrogen-bond acceptors (Lipinski definition) is 10. The van der Waals surface area contributed by atoms with Gasteiger partial charge in [-0.15, -0.1) is 0 Å². The summed E-state index contributed by atoms with van der Waals surface area (Å²) in [5, 5.41) is 27.4. The number of nitrogens with zero attached hydrogens (tertiary/aromatic N) is 2. The van der Waals surface area contributed by atoms with Gasteiger partial charge in [0.05, 0.1) is 11.4 Å². The zero-order valence-electron chi connectivity index (χ0n) is 19.9. The van der Waals surface area contributed by atoms with Gasteiger partial charge in [-0.25, -0.2) is 20.4 Å². The first-order valence-corrected chi connectivity index (χ1v) is 10.8. The summed E-state index contributed by atoms with van der Waals surface area (Å²) in [6, 6.07) is 2.56. The minimum Gasteiger partial charge on any atom is -0.507 e. The van der Waals surface area contributed by atoms with Crippen molar-refractivity contribution in [2.45, 2.75) is 59.8 Å². The summed E-state index contributed by atoms with van der Waals surface area (Å²) >= 11 is 0. The van der Waals surface area contributed by atoms with Crippen LogP contribution in [-0.2, 0) is 9.59 Å². The molecule has 35 heavy (non-hydrogen) atoms. The third-order valence-electron chi connectivity index (χ3n) is 4.84. The predicted octanol–water partition coefficient (Wildman–Crippen LogP) is 1.95. The highest BCUT2D eigenvalue weighted by molar-refractivity contribution is 6.01. The second-order valence-corrected chi connectivity index (χ2v) is 7.83. The molecule has 0 saturated carbocycles. The van der Waals surface area contributed by atoms with E-state index in [0.717, 1.165) is 0 Å². The van der Waals surface area contributed by atoms with Gasteiger partial charge in [-0.2, -0.15) is 10.2 Å². The van der Waals surface area contributed by atoms with Crippen LogP contribution in [0.1, 0.15) is 68.6 Å². The van der Waals surface area contributed by atoms with Gasteiger partial charge in [-0.05, 0) is 40.5 Å². The van der Waals surface area contributed by atoms with E-state index in [1.165, 1.54) is 39.8 Å². The van der Waals surface area contributed by atoms with E-state index in [9.17, 15) is 29.4 Å². The van der Waals surface area contributed by atoms with Crippen molar-refractivity contribution in [2.24, 2.45) is 10.2 Å². The Hall–Kier alpha value is -4.22. The van der Waals surface area contributed by atoms with E-state index >= 15 is 0 Å². The summed E-state index contributed by atoms with van der Waals surface area (Å²) < 4.78 is 9.83. The number of carbonyl (C=O) groups excluding carboxylic acids is 2. The minimum atomic E-state index is -0.755. The van der Waals surface area contributed by atoms with Crippen molar-refractivity contribution in [1.82, 2.24) is 10.9 Å². The first-order valence-electron chi connectivity index (χ1n) is 10.8. The van der Waals surface area contributed by atoms with Gasteiger partial charge < -0.3 is 19.0 Å². The number of aromatic hydroxyl groups is 2. The fourth-order valence-electron chi connectivity index (χ4n) is 3.12. The van der Waals surface area contributed by atoms with Crippen LogP contribution < -0.4 is 22.1 Å². The number of carbonyl (C=O) groups is 2. The van der Waals surface area contributed by atoms with Gasteiger partial charge in [0, 0.05) is 25.0 Å². The van der Waals surface area contributed by atoms with Gasteiger partial charge in [0.15, 0.2) is 0 Å². The maximum absolute atomic E-state index is 12.0. The fraction of sp³-hybridized carbons (Fsp3) is 0.391. The molecule has 4 N–H and O–H groups in total. The Bertz CT molecular complexity index is 1180. The van der Waals surface area contributed by atoms with Crippen LogP contribution in [0.2, 0.25) is 0 Å². The van der Waals surface area contributed by atoms with E-state index in [0.29, 0.717) is 19.3 Å². The second kappa shape index (κ2) is 12.3. The molecule has 2 rings (SSSR count). The highest BCUT2D eigenvalue weighted by Gasteiger charge is 2.14. The Balaban J connectivity index is 1.74. The van der Waals surface area contributed by atoms with Crippen LogP contribution >= 0.6 is 0 Å². The van der Waals surface area contributed by atoms with Gasteiger partial charge in [-0.3, -0.25) is 9.59 Å². The SMILES string of the molecule is CC(=NNC(=O)CCCCCC(=O)NN=C(C)c1c(O)cc(C)oc1=O)c1c(O)cc(C)oc1=O. The molecule has 2 aromatic rings. The first-order chi connectivity index (χ1) is 16.5. The molecular formula is C23H28N4O8. The van der Waals surface area contributed by atoms with Crippen LogP contribution in [0, 0.1) is 13.8 Å². The summed E-state index contributed by atoms with van der Waals surface area (Å²) in [6.45, 7) is 5.96. The fourth-order valence-corrected chi connectivity index (χ4v) is 3.12. The van der Waals surface area contributed by atoms with E-state index in [-0.39, 0.29) is 70.2 Å². The lowest BCUT2D eigenvalue weighted by Gasteiger charge is -2.05. The Labute approximate surface area is 200 Å². The summed E-state index contributed by atoms with van der Waals surface area (Å²) in [7, 11) is 0.